The molecular formula is C8H15NO. The van der Waals surface area contributed by atoms with Crippen molar-refractivity contribution in [1.82, 2.24) is 4.90 Å². The molecule has 0 rings (SSSR count). The van der Waals surface area contributed by atoms with Crippen LogP contribution in [0.1, 0.15) is 20.3 Å². The standard InChI is InChI=1S/C8H15NO/c1-5-7(2)6-8(10)9(3)4/h6H,5H2,1-4H3/b7-6+. The van der Waals surface area contributed by atoms with Crippen molar-refractivity contribution >= 4 is 5.91 Å². The van der Waals surface area contributed by atoms with Gasteiger partial charge in [-0.05, 0) is 13.3 Å². The molecule has 2 heteroatoms. The van der Waals surface area contributed by atoms with Gasteiger partial charge in [0.25, 0.3) is 0 Å². The first-order chi connectivity index (χ1) is 4.57. The molecule has 0 aliphatic rings. The highest BCUT2D eigenvalue weighted by atomic mass is 16.2. The van der Waals surface area contributed by atoms with E-state index >= 15 is 0 Å². The minimum absolute atomic E-state index is 0.0688. The van der Waals surface area contributed by atoms with Crippen LogP contribution in [0.2, 0.25) is 0 Å². The number of amides is 1. The van der Waals surface area contributed by atoms with Crippen LogP contribution in [-0.2, 0) is 4.79 Å². The Bertz CT molecular complexity index is 147. The molecule has 2 nitrogen and oxygen atoms in total. The molecule has 0 N–H and O–H groups in total. The third kappa shape index (κ3) is 3.28. The maximum absolute atomic E-state index is 11.0. The van der Waals surface area contributed by atoms with E-state index in [0.29, 0.717) is 0 Å². The summed E-state index contributed by atoms with van der Waals surface area (Å²) >= 11 is 0. The van der Waals surface area contributed by atoms with Crippen LogP contribution in [0.15, 0.2) is 11.6 Å². The van der Waals surface area contributed by atoms with Gasteiger partial charge in [0.1, 0.15) is 0 Å². The highest BCUT2D eigenvalue weighted by Crippen LogP contribution is 1.97. The van der Waals surface area contributed by atoms with E-state index < -0.39 is 0 Å². The Morgan fingerprint density at radius 3 is 2.30 bits per heavy atom. The smallest absolute Gasteiger partial charge is 0.245 e. The highest BCUT2D eigenvalue weighted by molar-refractivity contribution is 5.87. The predicted molar refractivity (Wildman–Crippen MR) is 42.7 cm³/mol. The molecule has 0 aliphatic heterocycles. The molecule has 0 unspecified atom stereocenters. The van der Waals surface area contributed by atoms with E-state index in [1.54, 1.807) is 25.1 Å². The Labute approximate surface area is 62.5 Å². The summed E-state index contributed by atoms with van der Waals surface area (Å²) < 4.78 is 0. The Morgan fingerprint density at radius 2 is 2.00 bits per heavy atom. The van der Waals surface area contributed by atoms with Gasteiger partial charge in [-0.2, -0.15) is 0 Å². The topological polar surface area (TPSA) is 20.3 Å². The lowest BCUT2D eigenvalue weighted by molar-refractivity contribution is -0.123. The van der Waals surface area contributed by atoms with Crippen molar-refractivity contribution in [3.63, 3.8) is 0 Å². The predicted octanol–water partition coefficient (Wildman–Crippen LogP) is 1.43. The van der Waals surface area contributed by atoms with E-state index in [1.807, 2.05) is 13.8 Å². The van der Waals surface area contributed by atoms with Crippen LogP contribution in [0.25, 0.3) is 0 Å². The van der Waals surface area contributed by atoms with Crippen LogP contribution in [0.5, 0.6) is 0 Å². The van der Waals surface area contributed by atoms with Gasteiger partial charge >= 0.3 is 0 Å². The van der Waals surface area contributed by atoms with Crippen LogP contribution in [0, 0.1) is 0 Å². The molecule has 10 heavy (non-hydrogen) atoms. The van der Waals surface area contributed by atoms with Gasteiger partial charge in [0.15, 0.2) is 0 Å². The van der Waals surface area contributed by atoms with Gasteiger partial charge in [0.05, 0.1) is 0 Å². The third-order valence-electron chi connectivity index (χ3n) is 1.37. The van der Waals surface area contributed by atoms with E-state index in [1.165, 1.54) is 0 Å². The van der Waals surface area contributed by atoms with Gasteiger partial charge in [-0.1, -0.05) is 12.5 Å². The molecule has 0 radical (unpaired) electrons. The summed E-state index contributed by atoms with van der Waals surface area (Å²) in [5.41, 5.74) is 1.12. The number of hydrogen-bond donors (Lipinski definition) is 0. The molecular weight excluding hydrogens is 126 g/mol. The van der Waals surface area contributed by atoms with Gasteiger partial charge in [-0.3, -0.25) is 4.79 Å². The maximum Gasteiger partial charge on any atom is 0.245 e. The molecule has 0 fully saturated rings. The molecule has 0 atom stereocenters. The van der Waals surface area contributed by atoms with Crippen LogP contribution in [0.3, 0.4) is 0 Å². The normalized spacial score (nSPS) is 11.4. The SMILES string of the molecule is CC/C(C)=C/C(=O)N(C)C. The van der Waals surface area contributed by atoms with E-state index in [9.17, 15) is 4.79 Å². The minimum Gasteiger partial charge on any atom is -0.345 e. The Balaban J connectivity index is 4.00. The molecule has 0 saturated heterocycles. The van der Waals surface area contributed by atoms with Crippen molar-refractivity contribution in [2.75, 3.05) is 14.1 Å². The van der Waals surface area contributed by atoms with Crippen molar-refractivity contribution < 1.29 is 4.79 Å². The minimum atomic E-state index is 0.0688. The fourth-order valence-corrected chi connectivity index (χ4v) is 0.442. The van der Waals surface area contributed by atoms with Crippen LogP contribution >= 0.6 is 0 Å². The van der Waals surface area contributed by atoms with Gasteiger partial charge in [-0.15, -0.1) is 0 Å². The Kier molecular flexibility index (Phi) is 3.77. The molecule has 58 valence electrons. The summed E-state index contributed by atoms with van der Waals surface area (Å²) in [5.74, 6) is 0.0688. The summed E-state index contributed by atoms with van der Waals surface area (Å²) in [6, 6.07) is 0. The van der Waals surface area contributed by atoms with Crippen molar-refractivity contribution in [2.45, 2.75) is 20.3 Å². The molecule has 0 aromatic carbocycles. The largest absolute Gasteiger partial charge is 0.345 e. The summed E-state index contributed by atoms with van der Waals surface area (Å²) in [5, 5.41) is 0. The number of carbonyl (C=O) groups is 1. The monoisotopic (exact) mass is 141 g/mol. The average molecular weight is 141 g/mol. The van der Waals surface area contributed by atoms with Crippen molar-refractivity contribution in [2.24, 2.45) is 0 Å². The van der Waals surface area contributed by atoms with Gasteiger partial charge in [0, 0.05) is 20.2 Å². The summed E-state index contributed by atoms with van der Waals surface area (Å²) in [4.78, 5) is 12.5. The van der Waals surface area contributed by atoms with Crippen molar-refractivity contribution in [1.29, 1.82) is 0 Å². The lowest BCUT2D eigenvalue weighted by Gasteiger charge is -2.06. The second-order valence-corrected chi connectivity index (χ2v) is 2.58. The molecule has 0 aromatic heterocycles. The average Bonchev–Trinajstić information content (AvgIpc) is 1.87. The quantitative estimate of drug-likeness (QED) is 0.533. The molecule has 0 heterocycles. The van der Waals surface area contributed by atoms with E-state index in [0.717, 1.165) is 12.0 Å². The molecule has 0 spiro atoms. The summed E-state index contributed by atoms with van der Waals surface area (Å²) in [6.07, 6.45) is 2.61. The molecule has 0 aromatic rings. The summed E-state index contributed by atoms with van der Waals surface area (Å²) in [6.45, 7) is 4.00. The van der Waals surface area contributed by atoms with E-state index in [-0.39, 0.29) is 5.91 Å². The Hall–Kier alpha value is -0.790. The third-order valence-corrected chi connectivity index (χ3v) is 1.37. The second kappa shape index (κ2) is 4.09. The van der Waals surface area contributed by atoms with Crippen LogP contribution in [0.4, 0.5) is 0 Å². The first kappa shape index (κ1) is 9.21. The van der Waals surface area contributed by atoms with Gasteiger partial charge < -0.3 is 4.90 Å². The number of carbonyl (C=O) groups excluding carboxylic acids is 1. The zero-order chi connectivity index (χ0) is 8.15. The van der Waals surface area contributed by atoms with E-state index in [2.05, 4.69) is 0 Å². The van der Waals surface area contributed by atoms with E-state index in [4.69, 9.17) is 0 Å². The first-order valence-electron chi connectivity index (χ1n) is 3.46. The zero-order valence-corrected chi connectivity index (χ0v) is 7.14. The number of likely N-dealkylation sites (N-methyl/N-ethyl adjacent to an activating group) is 1. The van der Waals surface area contributed by atoms with Crippen molar-refractivity contribution in [3.8, 4) is 0 Å². The van der Waals surface area contributed by atoms with Gasteiger partial charge in [-0.25, -0.2) is 0 Å². The summed E-state index contributed by atoms with van der Waals surface area (Å²) in [7, 11) is 3.50. The number of hydrogen-bond acceptors (Lipinski definition) is 1. The molecule has 0 bridgehead atoms. The lowest BCUT2D eigenvalue weighted by Crippen LogP contribution is -2.19. The lowest BCUT2D eigenvalue weighted by atomic mass is 10.2. The molecule has 0 aliphatic carbocycles. The number of allylic oxidation sites excluding steroid dienone is 1. The maximum atomic E-state index is 11.0. The first-order valence-corrected chi connectivity index (χ1v) is 3.46. The zero-order valence-electron chi connectivity index (χ0n) is 7.14. The second-order valence-electron chi connectivity index (χ2n) is 2.58. The van der Waals surface area contributed by atoms with Crippen LogP contribution in [-0.4, -0.2) is 24.9 Å². The number of rotatable bonds is 2. The molecule has 1 amide bonds. The fraction of sp³-hybridized carbons (Fsp3) is 0.625. The highest BCUT2D eigenvalue weighted by Gasteiger charge is 1.97. The fourth-order valence-electron chi connectivity index (χ4n) is 0.442. The van der Waals surface area contributed by atoms with Crippen LogP contribution < -0.4 is 0 Å². The Morgan fingerprint density at radius 1 is 1.50 bits per heavy atom. The van der Waals surface area contributed by atoms with Crippen molar-refractivity contribution in [3.05, 3.63) is 11.6 Å². The number of nitrogens with zero attached hydrogens (tertiary/aromatic N) is 1. The van der Waals surface area contributed by atoms with Gasteiger partial charge in [0.2, 0.25) is 5.91 Å². The molecule has 0 saturated carbocycles.